The molecule has 1 saturated carbocycles. The van der Waals surface area contributed by atoms with Crippen molar-refractivity contribution in [1.29, 1.82) is 0 Å². The Bertz CT molecular complexity index is 443. The molecule has 1 aliphatic rings. The molecule has 0 aliphatic heterocycles. The van der Waals surface area contributed by atoms with Crippen molar-refractivity contribution in [2.24, 2.45) is 17.6 Å². The number of ether oxygens (including phenoxy) is 1. The van der Waals surface area contributed by atoms with Gasteiger partial charge in [0.1, 0.15) is 11.9 Å². The van der Waals surface area contributed by atoms with Crippen molar-refractivity contribution in [3.05, 3.63) is 29.3 Å². The molecule has 0 aromatic heterocycles. The molecule has 1 aromatic carbocycles. The average Bonchev–Trinajstić information content (AvgIpc) is 2.33. The van der Waals surface area contributed by atoms with Crippen molar-refractivity contribution in [2.75, 3.05) is 0 Å². The molecule has 1 fully saturated rings. The molecule has 0 bridgehead atoms. The molecule has 0 saturated heterocycles. The Kier molecular flexibility index (Phi) is 4.74. The molecule has 0 amide bonds. The first-order valence-electron chi connectivity index (χ1n) is 7.91. The molecule has 4 unspecified atom stereocenters. The van der Waals surface area contributed by atoms with E-state index in [2.05, 4.69) is 52.8 Å². The summed E-state index contributed by atoms with van der Waals surface area (Å²) in [6.45, 7) is 11.2. The van der Waals surface area contributed by atoms with Gasteiger partial charge in [0.25, 0.3) is 0 Å². The third-order valence-corrected chi connectivity index (χ3v) is 4.57. The minimum absolute atomic E-state index is 0.149. The summed E-state index contributed by atoms with van der Waals surface area (Å²) in [4.78, 5) is 0. The van der Waals surface area contributed by atoms with Gasteiger partial charge in [-0.3, -0.25) is 0 Å². The SMILES string of the molecule is Cc1cc(OC2C(C)CC(C)CC2N)ccc1C(C)C. The van der Waals surface area contributed by atoms with Gasteiger partial charge in [-0.05, 0) is 60.8 Å². The smallest absolute Gasteiger partial charge is 0.120 e. The minimum Gasteiger partial charge on any atom is -0.489 e. The highest BCUT2D eigenvalue weighted by molar-refractivity contribution is 5.36. The quantitative estimate of drug-likeness (QED) is 0.894. The van der Waals surface area contributed by atoms with Crippen molar-refractivity contribution < 1.29 is 4.74 Å². The Morgan fingerprint density at radius 1 is 1.20 bits per heavy atom. The highest BCUT2D eigenvalue weighted by atomic mass is 16.5. The molecule has 112 valence electrons. The maximum absolute atomic E-state index is 6.30. The molecular formula is C18H29NO. The fourth-order valence-corrected chi connectivity index (χ4v) is 3.62. The van der Waals surface area contributed by atoms with Crippen molar-refractivity contribution in [1.82, 2.24) is 0 Å². The zero-order chi connectivity index (χ0) is 14.9. The van der Waals surface area contributed by atoms with Crippen LogP contribution < -0.4 is 10.5 Å². The predicted molar refractivity (Wildman–Crippen MR) is 85.2 cm³/mol. The van der Waals surface area contributed by atoms with Gasteiger partial charge in [0, 0.05) is 6.04 Å². The van der Waals surface area contributed by atoms with E-state index in [-0.39, 0.29) is 12.1 Å². The number of nitrogens with two attached hydrogens (primary N) is 1. The van der Waals surface area contributed by atoms with Crippen LogP contribution in [0.3, 0.4) is 0 Å². The summed E-state index contributed by atoms with van der Waals surface area (Å²) in [5.74, 6) is 2.76. The Morgan fingerprint density at radius 3 is 2.45 bits per heavy atom. The molecule has 2 heteroatoms. The third-order valence-electron chi connectivity index (χ3n) is 4.57. The molecule has 20 heavy (non-hydrogen) atoms. The van der Waals surface area contributed by atoms with Crippen molar-refractivity contribution in [3.8, 4) is 5.75 Å². The molecule has 0 radical (unpaired) electrons. The first-order valence-corrected chi connectivity index (χ1v) is 7.91. The van der Waals surface area contributed by atoms with Crippen LogP contribution in [0.15, 0.2) is 18.2 Å². The summed E-state index contributed by atoms with van der Waals surface area (Å²) < 4.78 is 6.22. The van der Waals surface area contributed by atoms with E-state index in [1.165, 1.54) is 17.5 Å². The Hall–Kier alpha value is -1.02. The average molecular weight is 275 g/mol. The fourth-order valence-electron chi connectivity index (χ4n) is 3.62. The summed E-state index contributed by atoms with van der Waals surface area (Å²) in [5, 5.41) is 0. The van der Waals surface area contributed by atoms with E-state index in [1.807, 2.05) is 0 Å². The first-order chi connectivity index (χ1) is 9.38. The van der Waals surface area contributed by atoms with Crippen LogP contribution in [0.25, 0.3) is 0 Å². The van der Waals surface area contributed by atoms with Gasteiger partial charge in [-0.25, -0.2) is 0 Å². The van der Waals surface area contributed by atoms with Gasteiger partial charge >= 0.3 is 0 Å². The van der Waals surface area contributed by atoms with E-state index in [0.29, 0.717) is 17.8 Å². The summed E-state index contributed by atoms with van der Waals surface area (Å²) in [6, 6.07) is 6.60. The topological polar surface area (TPSA) is 35.2 Å². The van der Waals surface area contributed by atoms with Gasteiger partial charge in [0.15, 0.2) is 0 Å². The van der Waals surface area contributed by atoms with Crippen LogP contribution in [0.2, 0.25) is 0 Å². The van der Waals surface area contributed by atoms with E-state index < -0.39 is 0 Å². The molecule has 4 atom stereocenters. The zero-order valence-electron chi connectivity index (χ0n) is 13.5. The van der Waals surface area contributed by atoms with E-state index in [1.54, 1.807) is 0 Å². The van der Waals surface area contributed by atoms with Crippen molar-refractivity contribution >= 4 is 0 Å². The van der Waals surface area contributed by atoms with E-state index in [9.17, 15) is 0 Å². The predicted octanol–water partition coefficient (Wildman–Crippen LogP) is 4.26. The highest BCUT2D eigenvalue weighted by Crippen LogP contribution is 2.32. The Balaban J connectivity index is 2.11. The molecule has 0 heterocycles. The Labute approximate surface area is 123 Å². The third kappa shape index (κ3) is 3.35. The van der Waals surface area contributed by atoms with Crippen LogP contribution in [0.1, 0.15) is 57.6 Å². The molecule has 2 rings (SSSR count). The number of benzene rings is 1. The summed E-state index contributed by atoms with van der Waals surface area (Å²) in [6.07, 6.45) is 2.43. The lowest BCUT2D eigenvalue weighted by molar-refractivity contribution is 0.0625. The molecule has 0 spiro atoms. The van der Waals surface area contributed by atoms with Crippen LogP contribution >= 0.6 is 0 Å². The van der Waals surface area contributed by atoms with Gasteiger partial charge in [-0.2, -0.15) is 0 Å². The van der Waals surface area contributed by atoms with Gasteiger partial charge in [0.05, 0.1) is 0 Å². The number of rotatable bonds is 3. The summed E-state index contributed by atoms with van der Waals surface area (Å²) >= 11 is 0. The van der Waals surface area contributed by atoms with E-state index >= 15 is 0 Å². The molecular weight excluding hydrogens is 246 g/mol. The maximum atomic E-state index is 6.30. The van der Waals surface area contributed by atoms with Gasteiger partial charge in [-0.15, -0.1) is 0 Å². The summed E-state index contributed by atoms with van der Waals surface area (Å²) in [7, 11) is 0. The normalized spacial score (nSPS) is 30.6. The lowest BCUT2D eigenvalue weighted by Gasteiger charge is -2.37. The van der Waals surface area contributed by atoms with Crippen molar-refractivity contribution in [2.45, 2.75) is 65.5 Å². The van der Waals surface area contributed by atoms with Crippen molar-refractivity contribution in [3.63, 3.8) is 0 Å². The standard InChI is InChI=1S/C18H29NO/c1-11(2)16-7-6-15(10-13(16)4)20-18-14(5)8-12(3)9-17(18)19/h6-7,10-12,14,17-18H,8-9,19H2,1-5H3. The van der Waals surface area contributed by atoms with Crippen LogP contribution in [0, 0.1) is 18.8 Å². The Morgan fingerprint density at radius 2 is 1.90 bits per heavy atom. The zero-order valence-corrected chi connectivity index (χ0v) is 13.5. The van der Waals surface area contributed by atoms with Gasteiger partial charge < -0.3 is 10.5 Å². The largest absolute Gasteiger partial charge is 0.489 e. The lowest BCUT2D eigenvalue weighted by atomic mass is 9.78. The van der Waals surface area contributed by atoms with Crippen LogP contribution in [0.4, 0.5) is 0 Å². The number of aryl methyl sites for hydroxylation is 1. The second-order valence-electron chi connectivity index (χ2n) is 6.97. The number of hydrogen-bond acceptors (Lipinski definition) is 2. The second-order valence-corrected chi connectivity index (χ2v) is 6.97. The second kappa shape index (κ2) is 6.17. The van der Waals surface area contributed by atoms with E-state index in [0.717, 1.165) is 12.2 Å². The lowest BCUT2D eigenvalue weighted by Crippen LogP contribution is -2.48. The first kappa shape index (κ1) is 15.4. The molecule has 2 nitrogen and oxygen atoms in total. The van der Waals surface area contributed by atoms with Crippen LogP contribution in [-0.4, -0.2) is 12.1 Å². The molecule has 1 aliphatic carbocycles. The fraction of sp³-hybridized carbons (Fsp3) is 0.667. The molecule has 1 aromatic rings. The highest BCUT2D eigenvalue weighted by Gasteiger charge is 2.33. The van der Waals surface area contributed by atoms with E-state index in [4.69, 9.17) is 10.5 Å². The monoisotopic (exact) mass is 275 g/mol. The maximum Gasteiger partial charge on any atom is 0.120 e. The molecule has 2 N–H and O–H groups in total. The van der Waals surface area contributed by atoms with Crippen LogP contribution in [0.5, 0.6) is 5.75 Å². The van der Waals surface area contributed by atoms with Crippen LogP contribution in [-0.2, 0) is 0 Å². The van der Waals surface area contributed by atoms with Gasteiger partial charge in [0.2, 0.25) is 0 Å². The minimum atomic E-state index is 0.149. The van der Waals surface area contributed by atoms with Gasteiger partial charge in [-0.1, -0.05) is 33.8 Å². The summed E-state index contributed by atoms with van der Waals surface area (Å²) in [5.41, 5.74) is 9.00. The number of hydrogen-bond donors (Lipinski definition) is 1.